The number of H-pyrrole nitrogens is 1. The Bertz CT molecular complexity index is 1880. The molecule has 1 aliphatic heterocycles. The Morgan fingerprint density at radius 2 is 1.87 bits per heavy atom. The first-order chi connectivity index (χ1) is 21.6. The third-order valence-corrected chi connectivity index (χ3v) is 8.82. The number of hydrogen-bond acceptors (Lipinski definition) is 8. The summed E-state index contributed by atoms with van der Waals surface area (Å²) in [7, 11) is 0. The van der Waals surface area contributed by atoms with Gasteiger partial charge < -0.3 is 27.2 Å². The second-order valence-corrected chi connectivity index (χ2v) is 12.8. The Morgan fingerprint density at radius 3 is 2.49 bits per heavy atom. The number of carbonyl (C=O) groups is 2. The van der Waals surface area contributed by atoms with Gasteiger partial charge >= 0.3 is 0 Å². The van der Waals surface area contributed by atoms with Crippen LogP contribution in [0.1, 0.15) is 62.8 Å². The number of aromatic nitrogens is 2. The average molecular weight is 622 g/mol. The molecule has 1 saturated carbocycles. The number of pyridine rings is 1. The minimum Gasteiger partial charge on any atom is -0.404 e. The third kappa shape index (κ3) is 7.07. The molecule has 0 spiro atoms. The molecule has 0 radical (unpaired) electrons. The maximum Gasteiger partial charge on any atom is 0.226 e. The molecule has 3 aromatic rings. The quantitative estimate of drug-likeness (QED) is 0.143. The third-order valence-electron chi connectivity index (χ3n) is 7.60. The van der Waals surface area contributed by atoms with Crippen LogP contribution in [0.5, 0.6) is 0 Å². The lowest BCUT2D eigenvalue weighted by Gasteiger charge is -2.21. The highest BCUT2D eigenvalue weighted by atomic mass is 32.1. The van der Waals surface area contributed by atoms with E-state index in [0.29, 0.717) is 22.8 Å². The highest BCUT2D eigenvalue weighted by Crippen LogP contribution is 2.35. The van der Waals surface area contributed by atoms with Gasteiger partial charge in [0.15, 0.2) is 5.78 Å². The van der Waals surface area contributed by atoms with Gasteiger partial charge in [0.2, 0.25) is 5.91 Å². The van der Waals surface area contributed by atoms with E-state index in [2.05, 4.69) is 32.9 Å². The van der Waals surface area contributed by atoms with Gasteiger partial charge in [0.1, 0.15) is 5.71 Å². The van der Waals surface area contributed by atoms with Crippen molar-refractivity contribution in [2.75, 3.05) is 6.54 Å². The maximum atomic E-state index is 12.6. The molecule has 45 heavy (non-hydrogen) atoms. The second-order valence-electron chi connectivity index (χ2n) is 11.7. The number of hydrazone groups is 1. The lowest BCUT2D eigenvalue weighted by Crippen LogP contribution is -2.27. The molecule has 5 rings (SSSR count). The summed E-state index contributed by atoms with van der Waals surface area (Å²) in [5, 5.41) is 8.75. The number of fused-ring (bicyclic) bond motifs is 1. The predicted octanol–water partition coefficient (Wildman–Crippen LogP) is 6.13. The Morgan fingerprint density at radius 1 is 1.09 bits per heavy atom. The number of aromatic amines is 1. The standard InChI is InChI=1S/C35H39N7O2S/c1-19(2)26(23(14-36)11-25(10-22-6-7-22)40-35(44)20(3)4)12-27-24(15-37)16-39-42-34(27)30-13-28-29(17-38-18-31(28)41-30)33-9-8-32(45-33)21(5)43/h8-15,17-18,20,39,41H,6-7,16,36-37H2,1-5H3,(H,40,44)/b23-14+,24-15-,25-11+,27-12+. The van der Waals surface area contributed by atoms with Crippen LogP contribution in [0.2, 0.25) is 0 Å². The Kier molecular flexibility index (Phi) is 9.34. The van der Waals surface area contributed by atoms with Crippen molar-refractivity contribution in [1.82, 2.24) is 20.7 Å². The average Bonchev–Trinajstić information content (AvgIpc) is 3.49. The van der Waals surface area contributed by atoms with Crippen molar-refractivity contribution in [3.8, 4) is 10.4 Å². The SMILES string of the molecule is CC(=O)c1ccc(-c2cncc3[nH]c(C4=NNCC(=C/N)/C4=C\C(=C(C)C)C(/C=C(\C=C4CC4)NC(=O)C(C)C)=C/N)cc23)s1. The zero-order valence-electron chi connectivity index (χ0n) is 26.2. The lowest BCUT2D eigenvalue weighted by atomic mass is 9.91. The van der Waals surface area contributed by atoms with Crippen LogP contribution in [0, 0.1) is 5.92 Å². The largest absolute Gasteiger partial charge is 0.404 e. The van der Waals surface area contributed by atoms with Crippen LogP contribution in [0.3, 0.4) is 0 Å². The summed E-state index contributed by atoms with van der Waals surface area (Å²) in [6, 6.07) is 5.86. The zero-order chi connectivity index (χ0) is 32.2. The summed E-state index contributed by atoms with van der Waals surface area (Å²) in [5.41, 5.74) is 25.1. The normalized spacial score (nSPS) is 17.0. The number of nitrogens with one attached hydrogen (secondary N) is 3. The van der Waals surface area contributed by atoms with E-state index in [1.165, 1.54) is 16.9 Å². The Labute approximate surface area is 267 Å². The summed E-state index contributed by atoms with van der Waals surface area (Å²) in [6.45, 7) is 9.81. The fourth-order valence-corrected chi connectivity index (χ4v) is 5.88. The summed E-state index contributed by atoms with van der Waals surface area (Å²) in [5.74, 6) is -0.176. The number of nitrogens with zero attached hydrogens (tertiary/aromatic N) is 2. The summed E-state index contributed by atoms with van der Waals surface area (Å²) in [6.07, 6.45) is 14.8. The molecule has 1 fully saturated rings. The van der Waals surface area contributed by atoms with Crippen LogP contribution in [0.15, 0.2) is 105 Å². The summed E-state index contributed by atoms with van der Waals surface area (Å²) < 4.78 is 0. The van der Waals surface area contributed by atoms with Crippen LogP contribution in [0.4, 0.5) is 0 Å². The van der Waals surface area contributed by atoms with Gasteiger partial charge in [-0.05, 0) is 93.0 Å². The number of nitrogens with two attached hydrogens (primary N) is 2. The van der Waals surface area contributed by atoms with E-state index >= 15 is 0 Å². The number of carbonyl (C=O) groups excluding carboxylic acids is 2. The van der Waals surface area contributed by atoms with Gasteiger partial charge in [0.05, 0.1) is 28.8 Å². The fourth-order valence-electron chi connectivity index (χ4n) is 4.95. The first kappa shape index (κ1) is 31.5. The first-order valence-corrected chi connectivity index (χ1v) is 15.7. The molecule has 1 aliphatic carbocycles. The molecule has 0 atom stereocenters. The molecule has 4 heterocycles. The van der Waals surface area contributed by atoms with Crippen molar-refractivity contribution in [2.45, 2.75) is 47.5 Å². The van der Waals surface area contributed by atoms with Crippen molar-refractivity contribution < 1.29 is 9.59 Å². The van der Waals surface area contributed by atoms with E-state index < -0.39 is 0 Å². The molecule has 0 saturated heterocycles. The topological polar surface area (TPSA) is 151 Å². The number of Topliss-reactive ketones (excluding diaryl/α,β-unsaturated/α-hetero) is 1. The van der Waals surface area contributed by atoms with E-state index in [4.69, 9.17) is 16.6 Å². The molecule has 2 aliphatic rings. The number of thiophene rings is 1. The van der Waals surface area contributed by atoms with Gasteiger partial charge in [-0.1, -0.05) is 25.0 Å². The smallest absolute Gasteiger partial charge is 0.226 e. The first-order valence-electron chi connectivity index (χ1n) is 14.9. The van der Waals surface area contributed by atoms with Gasteiger partial charge in [-0.15, -0.1) is 11.3 Å². The Balaban J connectivity index is 1.58. The summed E-state index contributed by atoms with van der Waals surface area (Å²) >= 11 is 1.45. The molecule has 232 valence electrons. The molecular weight excluding hydrogens is 582 g/mol. The van der Waals surface area contributed by atoms with Crippen molar-refractivity contribution in [1.29, 1.82) is 0 Å². The van der Waals surface area contributed by atoms with Crippen LogP contribution in [0.25, 0.3) is 21.3 Å². The summed E-state index contributed by atoms with van der Waals surface area (Å²) in [4.78, 5) is 34.2. The molecule has 0 bridgehead atoms. The molecule has 9 nitrogen and oxygen atoms in total. The Hall–Kier alpha value is -4.96. The van der Waals surface area contributed by atoms with Crippen LogP contribution in [-0.4, -0.2) is 33.9 Å². The van der Waals surface area contributed by atoms with Gasteiger partial charge in [0, 0.05) is 45.4 Å². The van der Waals surface area contributed by atoms with Gasteiger partial charge in [0.25, 0.3) is 0 Å². The van der Waals surface area contributed by atoms with Crippen molar-refractivity contribution in [3.05, 3.63) is 111 Å². The molecule has 7 N–H and O–H groups in total. The monoisotopic (exact) mass is 621 g/mol. The number of ketones is 1. The van der Waals surface area contributed by atoms with Gasteiger partial charge in [-0.25, -0.2) is 0 Å². The lowest BCUT2D eigenvalue weighted by molar-refractivity contribution is -0.123. The number of amides is 1. The number of hydrogen-bond donors (Lipinski definition) is 5. The van der Waals surface area contributed by atoms with Gasteiger partial charge in [-0.2, -0.15) is 5.10 Å². The van der Waals surface area contributed by atoms with Gasteiger partial charge in [-0.3, -0.25) is 14.6 Å². The van der Waals surface area contributed by atoms with E-state index in [1.807, 2.05) is 58.2 Å². The molecule has 0 aromatic carbocycles. The minimum atomic E-state index is -0.157. The second kappa shape index (κ2) is 13.4. The molecular formula is C35H39N7O2S. The van der Waals surface area contributed by atoms with Crippen molar-refractivity contribution in [2.24, 2.45) is 22.5 Å². The van der Waals surface area contributed by atoms with E-state index in [0.717, 1.165) is 67.7 Å². The number of rotatable bonds is 9. The van der Waals surface area contributed by atoms with Crippen LogP contribution in [-0.2, 0) is 4.79 Å². The zero-order valence-corrected chi connectivity index (χ0v) is 27.1. The maximum absolute atomic E-state index is 12.6. The van der Waals surface area contributed by atoms with Crippen LogP contribution < -0.4 is 22.2 Å². The van der Waals surface area contributed by atoms with Crippen molar-refractivity contribution in [3.63, 3.8) is 0 Å². The molecule has 10 heteroatoms. The van der Waals surface area contributed by atoms with E-state index in [1.54, 1.807) is 25.5 Å². The minimum absolute atomic E-state index is 0.0362. The van der Waals surface area contributed by atoms with Crippen molar-refractivity contribution >= 4 is 39.6 Å². The van der Waals surface area contributed by atoms with E-state index in [9.17, 15) is 9.59 Å². The highest BCUT2D eigenvalue weighted by Gasteiger charge is 2.23. The van der Waals surface area contributed by atoms with Crippen LogP contribution >= 0.6 is 11.3 Å². The predicted molar refractivity (Wildman–Crippen MR) is 183 cm³/mol. The molecule has 0 unspecified atom stereocenters. The van der Waals surface area contributed by atoms with E-state index in [-0.39, 0.29) is 17.6 Å². The molecule has 3 aromatic heterocycles. The number of allylic oxidation sites excluding steroid dienone is 7. The fraction of sp³-hybridized carbons (Fsp3) is 0.257. The molecule has 1 amide bonds. The highest BCUT2D eigenvalue weighted by molar-refractivity contribution is 7.17.